The van der Waals surface area contributed by atoms with E-state index in [1.807, 2.05) is 53.9 Å². The fraction of sp³-hybridized carbons (Fsp3) is 0.0385. The third-order valence-electron chi connectivity index (χ3n) is 5.22. The maximum absolute atomic E-state index is 13.8. The summed E-state index contributed by atoms with van der Waals surface area (Å²) < 4.78 is 14.7. The minimum atomic E-state index is -0.381. The van der Waals surface area contributed by atoms with Gasteiger partial charge in [-0.25, -0.2) is 9.37 Å². The average Bonchev–Trinajstić information content (AvgIpc) is 3.29. The van der Waals surface area contributed by atoms with E-state index in [1.165, 1.54) is 40.2 Å². The summed E-state index contributed by atoms with van der Waals surface area (Å²) in [6.07, 6.45) is 0. The molecular formula is C26H17ClFN3O2S2. The number of fused-ring (bicyclic) bond motifs is 1. The van der Waals surface area contributed by atoms with Crippen LogP contribution in [0.25, 0.3) is 27.0 Å². The summed E-state index contributed by atoms with van der Waals surface area (Å²) in [4.78, 5) is 31.7. The van der Waals surface area contributed by atoms with Crippen molar-refractivity contribution >= 4 is 56.5 Å². The Morgan fingerprint density at radius 1 is 1.00 bits per heavy atom. The van der Waals surface area contributed by atoms with E-state index in [4.69, 9.17) is 16.6 Å². The number of nitrogens with zero attached hydrogens (tertiary/aromatic N) is 2. The number of halogens is 2. The Labute approximate surface area is 213 Å². The molecule has 174 valence electrons. The second kappa shape index (κ2) is 10.0. The third-order valence-corrected chi connectivity index (χ3v) is 7.36. The molecule has 5 nitrogen and oxygen atoms in total. The van der Waals surface area contributed by atoms with Crippen LogP contribution in [-0.2, 0) is 4.79 Å². The van der Waals surface area contributed by atoms with Crippen molar-refractivity contribution in [1.29, 1.82) is 0 Å². The highest BCUT2D eigenvalue weighted by Crippen LogP contribution is 2.36. The molecular weight excluding hydrogens is 505 g/mol. The van der Waals surface area contributed by atoms with Gasteiger partial charge in [0.1, 0.15) is 10.6 Å². The van der Waals surface area contributed by atoms with Crippen molar-refractivity contribution in [3.63, 3.8) is 0 Å². The highest BCUT2D eigenvalue weighted by molar-refractivity contribution is 7.99. The van der Waals surface area contributed by atoms with Crippen LogP contribution in [0, 0.1) is 5.82 Å². The van der Waals surface area contributed by atoms with Gasteiger partial charge in [0.05, 0.1) is 16.8 Å². The molecule has 0 atom stereocenters. The Balaban J connectivity index is 1.54. The van der Waals surface area contributed by atoms with Gasteiger partial charge in [-0.05, 0) is 42.5 Å². The Kier molecular flexibility index (Phi) is 6.68. The van der Waals surface area contributed by atoms with E-state index >= 15 is 0 Å². The summed E-state index contributed by atoms with van der Waals surface area (Å²) in [5, 5.41) is 6.04. The number of nitrogens with one attached hydrogen (secondary N) is 1. The van der Waals surface area contributed by atoms with E-state index < -0.39 is 0 Å². The van der Waals surface area contributed by atoms with Crippen LogP contribution < -0.4 is 10.9 Å². The molecule has 0 bridgehead atoms. The second-order valence-corrected chi connectivity index (χ2v) is 9.73. The highest BCUT2D eigenvalue weighted by atomic mass is 35.5. The number of carbonyl (C=O) groups excluding carboxylic acids is 1. The molecule has 1 amide bonds. The van der Waals surface area contributed by atoms with E-state index in [-0.39, 0.29) is 23.0 Å². The number of hydrogen-bond acceptors (Lipinski definition) is 5. The predicted molar refractivity (Wildman–Crippen MR) is 141 cm³/mol. The third kappa shape index (κ3) is 4.86. The molecule has 0 saturated heterocycles. The number of thioether (sulfide) groups is 1. The maximum Gasteiger partial charge on any atom is 0.268 e. The zero-order valence-electron chi connectivity index (χ0n) is 18.1. The smallest absolute Gasteiger partial charge is 0.268 e. The predicted octanol–water partition coefficient (Wildman–Crippen LogP) is 6.64. The van der Waals surface area contributed by atoms with Crippen molar-refractivity contribution in [2.24, 2.45) is 0 Å². The van der Waals surface area contributed by atoms with Gasteiger partial charge in [0, 0.05) is 27.2 Å². The first-order valence-corrected chi connectivity index (χ1v) is 12.8. The zero-order chi connectivity index (χ0) is 24.4. The first-order valence-electron chi connectivity index (χ1n) is 10.5. The van der Waals surface area contributed by atoms with E-state index in [9.17, 15) is 14.0 Å². The molecule has 2 heterocycles. The quantitative estimate of drug-likeness (QED) is 0.201. The van der Waals surface area contributed by atoms with Gasteiger partial charge in [0.2, 0.25) is 5.91 Å². The van der Waals surface area contributed by atoms with Crippen molar-refractivity contribution < 1.29 is 9.18 Å². The summed E-state index contributed by atoms with van der Waals surface area (Å²) in [5.41, 5.74) is 2.38. The summed E-state index contributed by atoms with van der Waals surface area (Å²) in [6.45, 7) is 0. The summed E-state index contributed by atoms with van der Waals surface area (Å²) in [7, 11) is 0. The van der Waals surface area contributed by atoms with Crippen LogP contribution in [0.4, 0.5) is 10.1 Å². The number of hydrogen-bond donors (Lipinski definition) is 1. The van der Waals surface area contributed by atoms with Gasteiger partial charge in [0.25, 0.3) is 5.56 Å². The number of thiophene rings is 1. The molecule has 5 aromatic rings. The molecule has 0 fully saturated rings. The van der Waals surface area contributed by atoms with Gasteiger partial charge in [-0.2, -0.15) is 0 Å². The maximum atomic E-state index is 13.8. The minimum Gasteiger partial charge on any atom is -0.325 e. The van der Waals surface area contributed by atoms with Crippen molar-refractivity contribution in [3.8, 4) is 16.8 Å². The average molecular weight is 522 g/mol. The zero-order valence-corrected chi connectivity index (χ0v) is 20.5. The normalized spacial score (nSPS) is 11.0. The molecule has 0 aliphatic heterocycles. The van der Waals surface area contributed by atoms with Crippen LogP contribution in [0.3, 0.4) is 0 Å². The van der Waals surface area contributed by atoms with Gasteiger partial charge in [0.15, 0.2) is 5.16 Å². The first kappa shape index (κ1) is 23.3. The first-order chi connectivity index (χ1) is 17.0. The molecule has 0 saturated carbocycles. The lowest BCUT2D eigenvalue weighted by atomic mass is 10.1. The largest absolute Gasteiger partial charge is 0.325 e. The molecule has 35 heavy (non-hydrogen) atoms. The molecule has 5 rings (SSSR count). The fourth-order valence-electron chi connectivity index (χ4n) is 3.61. The molecule has 0 aliphatic carbocycles. The van der Waals surface area contributed by atoms with Gasteiger partial charge in [-0.1, -0.05) is 59.8 Å². The molecule has 0 unspecified atom stereocenters. The standard InChI is InChI=1S/C26H17ClFN3O2S2/c27-21-9-5-4-8-19(21)20-14-34-24-23(20)25(33)31(18-6-2-1-3-7-18)26(30-24)35-15-22(32)29-17-12-10-16(28)11-13-17/h1-14H,15H2,(H,29,32). The number of rotatable bonds is 6. The molecule has 1 N–H and O–H groups in total. The second-order valence-electron chi connectivity index (χ2n) is 7.52. The lowest BCUT2D eigenvalue weighted by molar-refractivity contribution is -0.113. The Bertz CT molecular complexity index is 1580. The topological polar surface area (TPSA) is 64.0 Å². The van der Waals surface area contributed by atoms with Crippen LogP contribution in [0.1, 0.15) is 0 Å². The number of anilines is 1. The summed E-state index contributed by atoms with van der Waals surface area (Å²) in [5.74, 6) is -0.655. The molecule has 3 aromatic carbocycles. The van der Waals surface area contributed by atoms with Crippen molar-refractivity contribution in [2.45, 2.75) is 5.16 Å². The van der Waals surface area contributed by atoms with Crippen molar-refractivity contribution in [1.82, 2.24) is 9.55 Å². The SMILES string of the molecule is O=C(CSc1nc2scc(-c3ccccc3Cl)c2c(=O)n1-c1ccccc1)Nc1ccc(F)cc1. The van der Waals surface area contributed by atoms with E-state index in [1.54, 1.807) is 6.07 Å². The molecule has 9 heteroatoms. The minimum absolute atomic E-state index is 0.0188. The molecule has 0 spiro atoms. The Hall–Kier alpha value is -3.46. The molecule has 0 aliphatic rings. The molecule has 2 aromatic heterocycles. The number of para-hydroxylation sites is 1. The number of aromatic nitrogens is 2. The van der Waals surface area contributed by atoms with E-state index in [0.717, 1.165) is 22.9 Å². The van der Waals surface area contributed by atoms with Gasteiger partial charge < -0.3 is 5.32 Å². The summed E-state index contributed by atoms with van der Waals surface area (Å²) >= 11 is 8.93. The van der Waals surface area contributed by atoms with Crippen LogP contribution in [0.15, 0.2) is 94.2 Å². The van der Waals surface area contributed by atoms with Crippen LogP contribution in [-0.4, -0.2) is 21.2 Å². The monoisotopic (exact) mass is 521 g/mol. The van der Waals surface area contributed by atoms with Gasteiger partial charge in [-0.15, -0.1) is 11.3 Å². The molecule has 0 radical (unpaired) electrons. The number of carbonyl (C=O) groups is 1. The summed E-state index contributed by atoms with van der Waals surface area (Å²) in [6, 6.07) is 22.1. The van der Waals surface area contributed by atoms with Crippen LogP contribution in [0.5, 0.6) is 0 Å². The van der Waals surface area contributed by atoms with Crippen molar-refractivity contribution in [3.05, 3.63) is 105 Å². The lowest BCUT2D eigenvalue weighted by Gasteiger charge is -2.13. The highest BCUT2D eigenvalue weighted by Gasteiger charge is 2.20. The fourth-order valence-corrected chi connectivity index (χ4v) is 5.64. The van der Waals surface area contributed by atoms with Crippen LogP contribution in [0.2, 0.25) is 5.02 Å². The Morgan fingerprint density at radius 2 is 1.71 bits per heavy atom. The van der Waals surface area contributed by atoms with Gasteiger partial charge in [-0.3, -0.25) is 14.2 Å². The van der Waals surface area contributed by atoms with Crippen LogP contribution >= 0.6 is 34.7 Å². The van der Waals surface area contributed by atoms with E-state index in [0.29, 0.717) is 31.8 Å². The van der Waals surface area contributed by atoms with Crippen molar-refractivity contribution in [2.75, 3.05) is 11.1 Å². The lowest BCUT2D eigenvalue weighted by Crippen LogP contribution is -2.22. The number of benzene rings is 3. The van der Waals surface area contributed by atoms with Gasteiger partial charge >= 0.3 is 0 Å². The van der Waals surface area contributed by atoms with E-state index in [2.05, 4.69) is 5.32 Å². The number of amides is 1. The Morgan fingerprint density at radius 3 is 2.46 bits per heavy atom.